The number of hydrogen-bond donors (Lipinski definition) is 1. The van der Waals surface area contributed by atoms with Gasteiger partial charge in [0.2, 0.25) is 0 Å². The number of hydrogen-bond acceptors (Lipinski definition) is 5. The maximum absolute atomic E-state index is 11.6. The van der Waals surface area contributed by atoms with Gasteiger partial charge in [-0.2, -0.15) is 0 Å². The van der Waals surface area contributed by atoms with Crippen LogP contribution in [0, 0.1) is 10.1 Å². The van der Waals surface area contributed by atoms with Gasteiger partial charge in [-0.05, 0) is 6.07 Å². The largest absolute Gasteiger partial charge is 0.544 e. The minimum atomic E-state index is -1.46. The highest BCUT2D eigenvalue weighted by atomic mass is 16.6. The highest BCUT2D eigenvalue weighted by Gasteiger charge is 2.22. The molecular formula is C10H10N2O5. The normalized spacial score (nSPS) is 11.8. The lowest BCUT2D eigenvalue weighted by atomic mass is 10.0. The first-order valence-electron chi connectivity index (χ1n) is 4.74. The first-order valence-corrected chi connectivity index (χ1v) is 4.74. The summed E-state index contributed by atoms with van der Waals surface area (Å²) >= 11 is 0. The Balaban J connectivity index is 2.97. The number of nitro groups is 1. The predicted octanol–water partition coefficient (Wildman–Crippen LogP) is -1.47. The summed E-state index contributed by atoms with van der Waals surface area (Å²) < 4.78 is 0. The highest BCUT2D eigenvalue weighted by molar-refractivity contribution is 6.01. The van der Waals surface area contributed by atoms with Gasteiger partial charge in [0.05, 0.1) is 22.9 Å². The molecule has 0 radical (unpaired) electrons. The summed E-state index contributed by atoms with van der Waals surface area (Å²) in [5.41, 5.74) is 2.76. The zero-order chi connectivity index (χ0) is 13.0. The van der Waals surface area contributed by atoms with Crippen molar-refractivity contribution in [1.82, 2.24) is 0 Å². The molecule has 0 saturated heterocycles. The van der Waals surface area contributed by atoms with Gasteiger partial charge in [0.1, 0.15) is 6.04 Å². The molecule has 1 atom stereocenters. The van der Waals surface area contributed by atoms with Crippen LogP contribution in [0.5, 0.6) is 0 Å². The number of Topliss-reactive ketones (excluding diaryl/α,β-unsaturated/α-hetero) is 1. The van der Waals surface area contributed by atoms with Crippen LogP contribution >= 0.6 is 0 Å². The Labute approximate surface area is 96.0 Å². The van der Waals surface area contributed by atoms with Crippen LogP contribution in [0.4, 0.5) is 5.69 Å². The van der Waals surface area contributed by atoms with Crippen molar-refractivity contribution in [2.45, 2.75) is 12.5 Å². The number of carbonyl (C=O) groups is 2. The summed E-state index contributed by atoms with van der Waals surface area (Å²) in [4.78, 5) is 32.0. The molecule has 0 fully saturated rings. The molecule has 7 heteroatoms. The van der Waals surface area contributed by atoms with Crippen molar-refractivity contribution >= 4 is 17.4 Å². The number of rotatable bonds is 5. The third kappa shape index (κ3) is 3.08. The molecule has 0 spiro atoms. The van der Waals surface area contributed by atoms with E-state index in [1.165, 1.54) is 24.3 Å². The number of nitro benzene ring substituents is 1. The Morgan fingerprint density at radius 3 is 2.47 bits per heavy atom. The molecule has 0 aliphatic carbocycles. The number of nitrogens with zero attached hydrogens (tertiary/aromatic N) is 1. The van der Waals surface area contributed by atoms with Crippen molar-refractivity contribution in [3.63, 3.8) is 0 Å². The van der Waals surface area contributed by atoms with Crippen molar-refractivity contribution < 1.29 is 25.4 Å². The Morgan fingerprint density at radius 2 is 1.94 bits per heavy atom. The van der Waals surface area contributed by atoms with Crippen LogP contribution in [-0.4, -0.2) is 22.7 Å². The smallest absolute Gasteiger partial charge is 0.280 e. The van der Waals surface area contributed by atoms with Gasteiger partial charge in [0, 0.05) is 6.07 Å². The lowest BCUT2D eigenvalue weighted by Crippen LogP contribution is -2.68. The number of carboxylic acid groups (broad SMARTS) is 1. The fourth-order valence-corrected chi connectivity index (χ4v) is 1.29. The minimum Gasteiger partial charge on any atom is -0.544 e. The van der Waals surface area contributed by atoms with Gasteiger partial charge < -0.3 is 15.6 Å². The maximum Gasteiger partial charge on any atom is 0.280 e. The standard InChI is InChI=1S/C10H10N2O5/c11-7(10(14)15)5-9(13)6-3-1-2-4-8(6)12(16)17/h1-4,7H,5,11H2,(H,14,15). The van der Waals surface area contributed by atoms with Gasteiger partial charge in [-0.25, -0.2) is 0 Å². The zero-order valence-corrected chi connectivity index (χ0v) is 8.79. The number of para-hydroxylation sites is 1. The number of benzene rings is 1. The second-order valence-corrected chi connectivity index (χ2v) is 3.42. The fraction of sp³-hybridized carbons (Fsp3) is 0.200. The molecule has 1 aromatic rings. The van der Waals surface area contributed by atoms with E-state index in [1.54, 1.807) is 0 Å². The molecule has 0 amide bonds. The number of ketones is 1. The molecule has 90 valence electrons. The van der Waals surface area contributed by atoms with Crippen molar-refractivity contribution in [2.75, 3.05) is 0 Å². The van der Waals surface area contributed by atoms with E-state index < -0.39 is 29.1 Å². The molecule has 1 aromatic carbocycles. The van der Waals surface area contributed by atoms with Crippen molar-refractivity contribution in [3.8, 4) is 0 Å². The summed E-state index contributed by atoms with van der Waals surface area (Å²) in [6, 6.07) is 4.14. The quantitative estimate of drug-likeness (QED) is 0.380. The number of carboxylic acids is 1. The summed E-state index contributed by atoms with van der Waals surface area (Å²) in [6.45, 7) is 0. The maximum atomic E-state index is 11.6. The van der Waals surface area contributed by atoms with E-state index in [9.17, 15) is 24.8 Å². The van der Waals surface area contributed by atoms with Crippen LogP contribution < -0.4 is 10.8 Å². The van der Waals surface area contributed by atoms with Crippen molar-refractivity contribution in [2.24, 2.45) is 0 Å². The lowest BCUT2D eigenvalue weighted by molar-refractivity contribution is -0.435. The van der Waals surface area contributed by atoms with Gasteiger partial charge in [0.15, 0.2) is 5.78 Å². The number of quaternary nitrogens is 1. The van der Waals surface area contributed by atoms with E-state index in [4.69, 9.17) is 0 Å². The van der Waals surface area contributed by atoms with Crippen molar-refractivity contribution in [3.05, 3.63) is 39.9 Å². The first kappa shape index (κ1) is 12.8. The average molecular weight is 238 g/mol. The molecule has 1 unspecified atom stereocenters. The van der Waals surface area contributed by atoms with E-state index in [1.807, 2.05) is 0 Å². The number of aliphatic carboxylic acids is 1. The molecule has 0 bridgehead atoms. The summed E-state index contributed by atoms with van der Waals surface area (Å²) in [6.07, 6.45) is -0.423. The van der Waals surface area contributed by atoms with Gasteiger partial charge in [-0.15, -0.1) is 0 Å². The first-order chi connectivity index (χ1) is 7.93. The topological polar surface area (TPSA) is 128 Å². The molecule has 0 saturated carbocycles. The number of carbonyl (C=O) groups excluding carboxylic acids is 2. The van der Waals surface area contributed by atoms with Gasteiger partial charge >= 0.3 is 0 Å². The lowest BCUT2D eigenvalue weighted by Gasteiger charge is -2.08. The van der Waals surface area contributed by atoms with Gasteiger partial charge in [-0.1, -0.05) is 12.1 Å². The molecule has 0 aromatic heterocycles. The molecule has 17 heavy (non-hydrogen) atoms. The van der Waals surface area contributed by atoms with E-state index in [0.29, 0.717) is 0 Å². The summed E-state index contributed by atoms with van der Waals surface area (Å²) in [5.74, 6) is -2.10. The second kappa shape index (κ2) is 5.17. The molecule has 0 heterocycles. The SMILES string of the molecule is [NH3+]C(CC(=O)c1ccccc1[N+](=O)[O-])C(=O)[O-]. The molecule has 1 rings (SSSR count). The van der Waals surface area contributed by atoms with Crippen LogP contribution in [-0.2, 0) is 4.79 Å². The van der Waals surface area contributed by atoms with Crippen LogP contribution in [0.2, 0.25) is 0 Å². The molecule has 3 N–H and O–H groups in total. The third-order valence-corrected chi connectivity index (χ3v) is 2.17. The van der Waals surface area contributed by atoms with Crippen molar-refractivity contribution in [1.29, 1.82) is 0 Å². The van der Waals surface area contributed by atoms with E-state index in [2.05, 4.69) is 5.73 Å². The third-order valence-electron chi connectivity index (χ3n) is 2.17. The second-order valence-electron chi connectivity index (χ2n) is 3.42. The monoisotopic (exact) mass is 238 g/mol. The Morgan fingerprint density at radius 1 is 1.35 bits per heavy atom. The van der Waals surface area contributed by atoms with Gasteiger partial charge in [-0.3, -0.25) is 14.9 Å². The Kier molecular flexibility index (Phi) is 3.89. The highest BCUT2D eigenvalue weighted by Crippen LogP contribution is 2.19. The molecule has 0 aliphatic heterocycles. The summed E-state index contributed by atoms with van der Waals surface area (Å²) in [5, 5.41) is 21.1. The average Bonchev–Trinajstić information content (AvgIpc) is 2.28. The summed E-state index contributed by atoms with van der Waals surface area (Å²) in [7, 11) is 0. The minimum absolute atomic E-state index is 0.118. The van der Waals surface area contributed by atoms with Gasteiger partial charge in [0.25, 0.3) is 5.69 Å². The Bertz CT molecular complexity index is 472. The predicted molar refractivity (Wildman–Crippen MR) is 53.7 cm³/mol. The van der Waals surface area contributed by atoms with Crippen LogP contribution in [0.3, 0.4) is 0 Å². The fourth-order valence-electron chi connectivity index (χ4n) is 1.29. The molecular weight excluding hydrogens is 228 g/mol. The van der Waals surface area contributed by atoms with E-state index in [0.717, 1.165) is 0 Å². The zero-order valence-electron chi connectivity index (χ0n) is 8.79. The van der Waals surface area contributed by atoms with Crippen LogP contribution in [0.25, 0.3) is 0 Å². The van der Waals surface area contributed by atoms with E-state index in [-0.39, 0.29) is 11.3 Å². The molecule has 0 aliphatic rings. The van der Waals surface area contributed by atoms with Crippen LogP contribution in [0.1, 0.15) is 16.8 Å². The van der Waals surface area contributed by atoms with E-state index >= 15 is 0 Å². The Hall–Kier alpha value is -2.28. The van der Waals surface area contributed by atoms with Crippen LogP contribution in [0.15, 0.2) is 24.3 Å². The molecule has 7 nitrogen and oxygen atoms in total.